The van der Waals surface area contributed by atoms with E-state index in [4.69, 9.17) is 10.5 Å². The SMILES string of the molecule is COC1(C(C)C)N=C(N)N=C(NC(C)C)N1. The lowest BCUT2D eigenvalue weighted by atomic mass is 10.1. The van der Waals surface area contributed by atoms with E-state index in [2.05, 4.69) is 20.6 Å². The molecule has 1 rings (SSSR count). The summed E-state index contributed by atoms with van der Waals surface area (Å²) in [6.07, 6.45) is 0. The van der Waals surface area contributed by atoms with Gasteiger partial charge in [0.15, 0.2) is 0 Å². The number of nitrogens with one attached hydrogen (secondary N) is 2. The van der Waals surface area contributed by atoms with Crippen molar-refractivity contribution in [1.82, 2.24) is 10.6 Å². The maximum absolute atomic E-state index is 5.69. The number of nitrogens with two attached hydrogens (primary N) is 1. The molecule has 0 aliphatic carbocycles. The Hall–Kier alpha value is -1.30. The van der Waals surface area contributed by atoms with Crippen LogP contribution in [-0.2, 0) is 4.74 Å². The van der Waals surface area contributed by atoms with Gasteiger partial charge in [0.1, 0.15) is 0 Å². The van der Waals surface area contributed by atoms with Crippen molar-refractivity contribution in [3.63, 3.8) is 0 Å². The molecule has 0 amide bonds. The van der Waals surface area contributed by atoms with Gasteiger partial charge in [0.05, 0.1) is 0 Å². The van der Waals surface area contributed by atoms with Crippen LogP contribution >= 0.6 is 0 Å². The summed E-state index contributed by atoms with van der Waals surface area (Å²) in [5.74, 6) is 0.120. The molecule has 6 nitrogen and oxygen atoms in total. The molecule has 0 spiro atoms. The Bertz CT molecular complexity index is 310. The van der Waals surface area contributed by atoms with Gasteiger partial charge in [-0.15, -0.1) is 0 Å². The molecular formula is C10H21N5O. The van der Waals surface area contributed by atoms with Crippen molar-refractivity contribution in [2.45, 2.75) is 39.6 Å². The third-order valence-electron chi connectivity index (χ3n) is 2.32. The average Bonchev–Trinajstić information content (AvgIpc) is 2.15. The lowest BCUT2D eigenvalue weighted by Crippen LogP contribution is -2.60. The van der Waals surface area contributed by atoms with Gasteiger partial charge < -0.3 is 21.1 Å². The summed E-state index contributed by atoms with van der Waals surface area (Å²) in [6.45, 7) is 8.06. The minimum Gasteiger partial charge on any atom is -0.368 e. The minimum atomic E-state index is -0.830. The molecule has 0 bridgehead atoms. The largest absolute Gasteiger partial charge is 0.368 e. The molecule has 1 atom stereocenters. The summed E-state index contributed by atoms with van der Waals surface area (Å²) in [5.41, 5.74) is 5.69. The molecule has 1 unspecified atom stereocenters. The standard InChI is InChI=1S/C10H21N5O/c1-6(2)10(16-5)14-8(11)13-9(15-10)12-7(3)4/h6-7H,1-5H3,(H4,11,12,13,14,15). The van der Waals surface area contributed by atoms with Crippen molar-refractivity contribution in [2.24, 2.45) is 21.6 Å². The first kappa shape index (κ1) is 12.8. The van der Waals surface area contributed by atoms with E-state index in [1.807, 2.05) is 27.7 Å². The van der Waals surface area contributed by atoms with Gasteiger partial charge in [-0.1, -0.05) is 13.8 Å². The second kappa shape index (κ2) is 4.69. The summed E-state index contributed by atoms with van der Waals surface area (Å²) in [7, 11) is 1.60. The van der Waals surface area contributed by atoms with E-state index in [0.717, 1.165) is 0 Å². The van der Waals surface area contributed by atoms with Gasteiger partial charge in [-0.3, -0.25) is 0 Å². The monoisotopic (exact) mass is 227 g/mol. The molecule has 0 aromatic carbocycles. The Kier molecular flexibility index (Phi) is 3.74. The van der Waals surface area contributed by atoms with Crippen molar-refractivity contribution < 1.29 is 4.74 Å². The van der Waals surface area contributed by atoms with Gasteiger partial charge in [-0.2, -0.15) is 9.98 Å². The quantitative estimate of drug-likeness (QED) is 0.643. The predicted molar refractivity (Wildman–Crippen MR) is 65.0 cm³/mol. The van der Waals surface area contributed by atoms with Crippen molar-refractivity contribution in [3.05, 3.63) is 0 Å². The molecule has 1 aliphatic heterocycles. The normalized spacial score (nSPS) is 25.2. The molecule has 0 aromatic heterocycles. The van der Waals surface area contributed by atoms with Crippen LogP contribution in [0.15, 0.2) is 9.98 Å². The maximum atomic E-state index is 5.69. The Labute approximate surface area is 96.4 Å². The van der Waals surface area contributed by atoms with Crippen molar-refractivity contribution in [2.75, 3.05) is 7.11 Å². The number of rotatable bonds is 3. The highest BCUT2D eigenvalue weighted by molar-refractivity contribution is 5.96. The first-order valence-electron chi connectivity index (χ1n) is 5.43. The van der Waals surface area contributed by atoms with E-state index in [-0.39, 0.29) is 17.9 Å². The van der Waals surface area contributed by atoms with Crippen LogP contribution in [0.2, 0.25) is 0 Å². The zero-order valence-corrected chi connectivity index (χ0v) is 10.5. The average molecular weight is 227 g/mol. The summed E-state index contributed by atoms with van der Waals surface area (Å²) >= 11 is 0. The summed E-state index contributed by atoms with van der Waals surface area (Å²) in [4.78, 5) is 8.31. The molecule has 1 aliphatic rings. The van der Waals surface area contributed by atoms with Crippen LogP contribution in [0.1, 0.15) is 27.7 Å². The lowest BCUT2D eigenvalue weighted by molar-refractivity contribution is -0.0552. The number of hydrogen-bond donors (Lipinski definition) is 3. The van der Waals surface area contributed by atoms with Crippen LogP contribution < -0.4 is 16.4 Å². The van der Waals surface area contributed by atoms with Crippen LogP contribution in [0.5, 0.6) is 0 Å². The fourth-order valence-electron chi connectivity index (χ4n) is 1.48. The molecule has 0 radical (unpaired) electrons. The van der Waals surface area contributed by atoms with Crippen molar-refractivity contribution in [3.8, 4) is 0 Å². The van der Waals surface area contributed by atoms with Crippen molar-refractivity contribution in [1.29, 1.82) is 0 Å². The van der Waals surface area contributed by atoms with Gasteiger partial charge >= 0.3 is 0 Å². The minimum absolute atomic E-state index is 0.135. The molecule has 1 heterocycles. The zero-order chi connectivity index (χ0) is 12.3. The third-order valence-corrected chi connectivity index (χ3v) is 2.32. The number of nitrogens with zero attached hydrogens (tertiary/aromatic N) is 2. The fourth-order valence-corrected chi connectivity index (χ4v) is 1.48. The van der Waals surface area contributed by atoms with Crippen LogP contribution in [-0.4, -0.2) is 30.9 Å². The van der Waals surface area contributed by atoms with Crippen LogP contribution in [0.3, 0.4) is 0 Å². The van der Waals surface area contributed by atoms with Gasteiger partial charge in [0, 0.05) is 19.1 Å². The van der Waals surface area contributed by atoms with Gasteiger partial charge in [0.2, 0.25) is 17.8 Å². The van der Waals surface area contributed by atoms with E-state index >= 15 is 0 Å². The van der Waals surface area contributed by atoms with Gasteiger partial charge in [0.25, 0.3) is 0 Å². The van der Waals surface area contributed by atoms with Gasteiger partial charge in [-0.05, 0) is 13.8 Å². The first-order valence-corrected chi connectivity index (χ1v) is 5.43. The highest BCUT2D eigenvalue weighted by Crippen LogP contribution is 2.21. The van der Waals surface area contributed by atoms with Crippen molar-refractivity contribution >= 4 is 11.9 Å². The van der Waals surface area contributed by atoms with E-state index in [0.29, 0.717) is 5.96 Å². The summed E-state index contributed by atoms with van der Waals surface area (Å²) < 4.78 is 5.42. The third kappa shape index (κ3) is 2.63. The Morgan fingerprint density at radius 3 is 2.44 bits per heavy atom. The molecule has 6 heteroatoms. The van der Waals surface area contributed by atoms with Gasteiger partial charge in [-0.25, -0.2) is 0 Å². The highest BCUT2D eigenvalue weighted by Gasteiger charge is 2.37. The van der Waals surface area contributed by atoms with E-state index < -0.39 is 5.85 Å². The Morgan fingerprint density at radius 2 is 2.00 bits per heavy atom. The number of hydrogen-bond acceptors (Lipinski definition) is 6. The lowest BCUT2D eigenvalue weighted by Gasteiger charge is -2.36. The number of aliphatic imine (C=N–C) groups is 2. The molecular weight excluding hydrogens is 206 g/mol. The smallest absolute Gasteiger partial charge is 0.244 e. The highest BCUT2D eigenvalue weighted by atomic mass is 16.5. The number of methoxy groups -OCH3 is 1. The summed E-state index contributed by atoms with van der Waals surface area (Å²) in [6, 6.07) is 0.263. The van der Waals surface area contributed by atoms with Crippen LogP contribution in [0.25, 0.3) is 0 Å². The molecule has 0 aromatic rings. The van der Waals surface area contributed by atoms with E-state index in [9.17, 15) is 0 Å². The predicted octanol–water partition coefficient (Wildman–Crippen LogP) is 0.215. The molecule has 92 valence electrons. The first-order chi connectivity index (χ1) is 7.39. The second-order valence-corrected chi connectivity index (χ2v) is 4.41. The zero-order valence-electron chi connectivity index (χ0n) is 10.5. The van der Waals surface area contributed by atoms with Crippen LogP contribution in [0.4, 0.5) is 0 Å². The second-order valence-electron chi connectivity index (χ2n) is 4.41. The van der Waals surface area contributed by atoms with E-state index in [1.54, 1.807) is 7.11 Å². The fraction of sp³-hybridized carbons (Fsp3) is 0.800. The van der Waals surface area contributed by atoms with E-state index in [1.165, 1.54) is 0 Å². The Balaban J connectivity index is 2.92. The Morgan fingerprint density at radius 1 is 1.38 bits per heavy atom. The molecule has 0 fully saturated rings. The van der Waals surface area contributed by atoms with Crippen LogP contribution in [0, 0.1) is 5.92 Å². The number of ether oxygens (including phenoxy) is 1. The molecule has 0 saturated carbocycles. The topological polar surface area (TPSA) is 84.0 Å². The number of guanidine groups is 2. The molecule has 4 N–H and O–H groups in total. The molecule has 16 heavy (non-hydrogen) atoms. The maximum Gasteiger partial charge on any atom is 0.244 e. The molecule has 0 saturated heterocycles. The summed E-state index contributed by atoms with van der Waals surface area (Å²) in [5, 5.41) is 6.28.